The molecular weight excluding hydrogens is 242 g/mol. The summed E-state index contributed by atoms with van der Waals surface area (Å²) < 4.78 is 32.6. The average molecular weight is 260 g/mol. The van der Waals surface area contributed by atoms with E-state index in [2.05, 4.69) is 0 Å². The van der Waals surface area contributed by atoms with Crippen LogP contribution in [0.5, 0.6) is 0 Å². The minimum Gasteiger partial charge on any atom is -0.324 e. The van der Waals surface area contributed by atoms with Gasteiger partial charge in [0.05, 0.1) is 12.2 Å². The summed E-state index contributed by atoms with van der Waals surface area (Å²) >= 11 is 0. The third kappa shape index (κ3) is 8.14. The molecular formula is C7H18O6P2. The van der Waals surface area contributed by atoms with Crippen LogP contribution in [0.15, 0.2) is 0 Å². The molecule has 0 saturated heterocycles. The van der Waals surface area contributed by atoms with Crippen molar-refractivity contribution in [2.24, 2.45) is 0 Å². The highest BCUT2D eigenvalue weighted by Crippen LogP contribution is 2.60. The third-order valence-corrected chi connectivity index (χ3v) is 5.45. The maximum absolute atomic E-state index is 11.9. The average Bonchev–Trinajstić information content (AvgIpc) is 1.73. The second-order valence-electron chi connectivity index (χ2n) is 3.73. The topological polar surface area (TPSA) is 93.1 Å². The van der Waals surface area contributed by atoms with E-state index in [1.165, 1.54) is 0 Å². The number of rotatable bonds is 6. The highest BCUT2D eigenvalue weighted by molar-refractivity contribution is 7.70. The van der Waals surface area contributed by atoms with Gasteiger partial charge in [0.25, 0.3) is 0 Å². The smallest absolute Gasteiger partial charge is 0.324 e. The van der Waals surface area contributed by atoms with Crippen LogP contribution in [0.1, 0.15) is 27.7 Å². The van der Waals surface area contributed by atoms with Gasteiger partial charge >= 0.3 is 15.2 Å². The molecule has 0 fully saturated rings. The van der Waals surface area contributed by atoms with E-state index < -0.39 is 33.3 Å². The third-order valence-electron chi connectivity index (χ3n) is 1.10. The molecule has 0 aromatic carbocycles. The van der Waals surface area contributed by atoms with Gasteiger partial charge in [0, 0.05) is 0 Å². The van der Waals surface area contributed by atoms with Crippen molar-refractivity contribution in [3.05, 3.63) is 0 Å². The van der Waals surface area contributed by atoms with Gasteiger partial charge in [-0.1, -0.05) is 0 Å². The molecule has 0 rings (SSSR count). The molecule has 6 nitrogen and oxygen atoms in total. The van der Waals surface area contributed by atoms with Gasteiger partial charge in [0.2, 0.25) is 0 Å². The van der Waals surface area contributed by atoms with Crippen molar-refractivity contribution in [2.45, 2.75) is 39.9 Å². The van der Waals surface area contributed by atoms with Gasteiger partial charge in [-0.3, -0.25) is 9.13 Å². The maximum Gasteiger partial charge on any atom is 0.343 e. The second-order valence-corrected chi connectivity index (χ2v) is 7.83. The Labute approximate surface area is 89.7 Å². The lowest BCUT2D eigenvalue weighted by Gasteiger charge is -2.22. The Balaban J connectivity index is 4.71. The van der Waals surface area contributed by atoms with Crippen LogP contribution in [-0.2, 0) is 18.2 Å². The molecule has 0 aromatic heterocycles. The molecule has 0 heterocycles. The fraction of sp³-hybridized carbons (Fsp3) is 1.00. The quantitative estimate of drug-likeness (QED) is 0.711. The minimum atomic E-state index is -4.41. The lowest BCUT2D eigenvalue weighted by atomic mass is 10.5. The molecule has 92 valence electrons. The van der Waals surface area contributed by atoms with Gasteiger partial charge in [0.15, 0.2) is 5.90 Å². The lowest BCUT2D eigenvalue weighted by molar-refractivity contribution is 0.144. The first-order valence-electron chi connectivity index (χ1n) is 4.54. The van der Waals surface area contributed by atoms with E-state index in [1.807, 2.05) is 0 Å². The van der Waals surface area contributed by atoms with Crippen molar-refractivity contribution in [3.8, 4) is 0 Å². The molecule has 0 amide bonds. The fourth-order valence-corrected chi connectivity index (χ4v) is 4.63. The highest BCUT2D eigenvalue weighted by Gasteiger charge is 2.35. The van der Waals surface area contributed by atoms with E-state index in [0.29, 0.717) is 0 Å². The Morgan fingerprint density at radius 3 is 1.53 bits per heavy atom. The Morgan fingerprint density at radius 1 is 1.00 bits per heavy atom. The molecule has 2 N–H and O–H groups in total. The highest BCUT2D eigenvalue weighted by atomic mass is 31.2. The van der Waals surface area contributed by atoms with E-state index in [1.54, 1.807) is 27.7 Å². The van der Waals surface area contributed by atoms with Crippen molar-refractivity contribution < 1.29 is 28.0 Å². The summed E-state index contributed by atoms with van der Waals surface area (Å²) in [7, 11) is -8.13. The van der Waals surface area contributed by atoms with Crippen LogP contribution in [0.3, 0.4) is 0 Å². The van der Waals surface area contributed by atoms with Gasteiger partial charge in [-0.25, -0.2) is 0 Å². The summed E-state index contributed by atoms with van der Waals surface area (Å²) in [6, 6.07) is 0. The summed E-state index contributed by atoms with van der Waals surface area (Å²) in [4.78, 5) is 17.5. The summed E-state index contributed by atoms with van der Waals surface area (Å²) in [6.07, 6.45) is -0.831. The fourth-order valence-electron chi connectivity index (χ4n) is 0.960. The first kappa shape index (κ1) is 15.3. The summed E-state index contributed by atoms with van der Waals surface area (Å²) in [5.74, 6) is -0.879. The van der Waals surface area contributed by atoms with Gasteiger partial charge in [0.1, 0.15) is 0 Å². The summed E-state index contributed by atoms with van der Waals surface area (Å²) in [6.45, 7) is 6.48. The Hall–Kier alpha value is 0.300. The van der Waals surface area contributed by atoms with Crippen LogP contribution in [-0.4, -0.2) is 27.9 Å². The van der Waals surface area contributed by atoms with Crippen molar-refractivity contribution in [1.29, 1.82) is 0 Å². The number of hydrogen-bond donors (Lipinski definition) is 2. The van der Waals surface area contributed by atoms with Gasteiger partial charge in [-0.05, 0) is 27.7 Å². The van der Waals surface area contributed by atoms with E-state index in [-0.39, 0.29) is 0 Å². The molecule has 0 radical (unpaired) electrons. The Bertz CT molecular complexity index is 267. The van der Waals surface area contributed by atoms with Crippen LogP contribution in [0.2, 0.25) is 0 Å². The summed E-state index contributed by atoms with van der Waals surface area (Å²) in [5.41, 5.74) is 0. The molecule has 0 aromatic rings. The van der Waals surface area contributed by atoms with Crippen molar-refractivity contribution >= 4 is 15.2 Å². The van der Waals surface area contributed by atoms with Gasteiger partial charge in [-0.15, -0.1) is 0 Å². The zero-order chi connectivity index (χ0) is 12.3. The minimum absolute atomic E-state index is 0.416. The van der Waals surface area contributed by atoms with Crippen LogP contribution >= 0.6 is 15.2 Å². The number of hydrogen-bond acceptors (Lipinski definition) is 4. The molecule has 0 unspecified atom stereocenters. The van der Waals surface area contributed by atoms with Crippen LogP contribution in [0, 0.1) is 0 Å². The zero-order valence-electron chi connectivity index (χ0n) is 9.28. The van der Waals surface area contributed by atoms with Crippen LogP contribution in [0.4, 0.5) is 0 Å². The van der Waals surface area contributed by atoms with Crippen molar-refractivity contribution in [1.82, 2.24) is 0 Å². The molecule has 0 aliphatic heterocycles. The monoisotopic (exact) mass is 260 g/mol. The molecule has 0 bridgehead atoms. The van der Waals surface area contributed by atoms with Crippen LogP contribution in [0.25, 0.3) is 0 Å². The van der Waals surface area contributed by atoms with Gasteiger partial charge < -0.3 is 18.8 Å². The Morgan fingerprint density at radius 2 is 1.33 bits per heavy atom. The van der Waals surface area contributed by atoms with Crippen molar-refractivity contribution in [3.63, 3.8) is 0 Å². The normalized spacial score (nSPS) is 13.9. The standard InChI is InChI=1S/C7H18O6P2/c1-6(2)12-15(11,13-7(3)4)5-14(8,9)10/h6-7H,5H2,1-4H3,(H2,8,9,10). The predicted octanol–water partition coefficient (Wildman–Crippen LogP) is 2.16. The predicted molar refractivity (Wildman–Crippen MR) is 57.0 cm³/mol. The molecule has 15 heavy (non-hydrogen) atoms. The van der Waals surface area contributed by atoms with E-state index in [0.717, 1.165) is 0 Å². The largest absolute Gasteiger partial charge is 0.343 e. The molecule has 0 aliphatic carbocycles. The molecule has 0 aliphatic rings. The molecule has 0 spiro atoms. The molecule has 0 saturated carbocycles. The molecule has 8 heteroatoms. The maximum atomic E-state index is 11.9. The summed E-state index contributed by atoms with van der Waals surface area (Å²) in [5, 5.41) is 0. The van der Waals surface area contributed by atoms with Crippen molar-refractivity contribution in [2.75, 3.05) is 5.90 Å². The van der Waals surface area contributed by atoms with E-state index >= 15 is 0 Å². The first-order chi connectivity index (χ1) is 6.54. The van der Waals surface area contributed by atoms with E-state index in [4.69, 9.17) is 18.8 Å². The lowest BCUT2D eigenvalue weighted by Crippen LogP contribution is -2.10. The zero-order valence-corrected chi connectivity index (χ0v) is 11.1. The first-order valence-corrected chi connectivity index (χ1v) is 8.07. The molecule has 0 atom stereocenters. The van der Waals surface area contributed by atoms with Gasteiger partial charge in [-0.2, -0.15) is 0 Å². The van der Waals surface area contributed by atoms with E-state index in [9.17, 15) is 9.13 Å². The second kappa shape index (κ2) is 5.58. The Kier molecular flexibility index (Phi) is 5.69. The SMILES string of the molecule is CC(C)OP(=O)(CP(=O)(O)O)OC(C)C. The van der Waals surface area contributed by atoms with Crippen LogP contribution < -0.4 is 0 Å².